The van der Waals surface area contributed by atoms with Crippen LogP contribution in [0.1, 0.15) is 113 Å². The monoisotopic (exact) mass is 480 g/mol. The molecule has 0 aliphatic heterocycles. The minimum atomic E-state index is -0.866. The van der Waals surface area contributed by atoms with Gasteiger partial charge in [-0.1, -0.05) is 56.2 Å². The predicted molar refractivity (Wildman–Crippen MR) is 141 cm³/mol. The van der Waals surface area contributed by atoms with Crippen molar-refractivity contribution >= 4 is 0 Å². The molecule has 0 saturated heterocycles. The third-order valence-corrected chi connectivity index (χ3v) is 8.58. The molecule has 2 aliphatic carbocycles. The van der Waals surface area contributed by atoms with Crippen LogP contribution in [-0.2, 0) is 6.42 Å². The van der Waals surface area contributed by atoms with E-state index >= 15 is 0 Å². The molecule has 0 amide bonds. The lowest BCUT2D eigenvalue weighted by atomic mass is 9.67. The summed E-state index contributed by atoms with van der Waals surface area (Å²) in [6, 6.07) is 12.7. The Morgan fingerprint density at radius 3 is 2.00 bits per heavy atom. The number of hydrogen-bond acceptors (Lipinski definition) is 1. The quantitative estimate of drug-likeness (QED) is 0.256. The standard InChI is InChI=1S/C32H42F2O/c1-3-5-6-7-23-8-10-24(11-9-23)25-12-14-26(15-13-25)27-16-18-28(19-17-27)29-20-21-30(35-22-4-2)32(34)31(29)33/h4,8-11,20-22,25-28H,3,5-7,12-19H2,1-2H3. The van der Waals surface area contributed by atoms with Gasteiger partial charge < -0.3 is 4.74 Å². The molecule has 2 saturated carbocycles. The van der Waals surface area contributed by atoms with Crippen molar-refractivity contribution < 1.29 is 13.5 Å². The van der Waals surface area contributed by atoms with E-state index in [1.807, 2.05) is 0 Å². The van der Waals surface area contributed by atoms with Crippen LogP contribution in [0.25, 0.3) is 0 Å². The van der Waals surface area contributed by atoms with Crippen LogP contribution in [-0.4, -0.2) is 0 Å². The number of aryl methyl sites for hydroxylation is 1. The number of allylic oxidation sites excluding steroid dienone is 1. The van der Waals surface area contributed by atoms with E-state index < -0.39 is 11.6 Å². The molecule has 0 aromatic heterocycles. The average Bonchev–Trinajstić information content (AvgIpc) is 2.90. The Kier molecular flexibility index (Phi) is 9.40. The zero-order valence-electron chi connectivity index (χ0n) is 21.6. The van der Waals surface area contributed by atoms with Crippen LogP contribution in [0.4, 0.5) is 8.78 Å². The van der Waals surface area contributed by atoms with Gasteiger partial charge in [0, 0.05) is 0 Å². The summed E-state index contributed by atoms with van der Waals surface area (Å²) in [5.41, 5.74) is 3.52. The highest BCUT2D eigenvalue weighted by molar-refractivity contribution is 5.34. The number of rotatable bonds is 9. The predicted octanol–water partition coefficient (Wildman–Crippen LogP) is 9.86. The van der Waals surface area contributed by atoms with Crippen molar-refractivity contribution in [2.24, 2.45) is 11.8 Å². The average molecular weight is 481 g/mol. The van der Waals surface area contributed by atoms with Gasteiger partial charge in [-0.15, -0.1) is 0 Å². The SMILES string of the molecule is CC=COc1ccc(C2CCC(C3CCC(c4ccc(CCCCC)cc4)CC3)CC2)c(F)c1F. The molecule has 35 heavy (non-hydrogen) atoms. The van der Waals surface area contributed by atoms with Crippen molar-refractivity contribution in [3.8, 4) is 5.75 Å². The van der Waals surface area contributed by atoms with E-state index in [-0.39, 0.29) is 11.7 Å². The van der Waals surface area contributed by atoms with Crippen LogP contribution in [0.2, 0.25) is 0 Å². The summed E-state index contributed by atoms with van der Waals surface area (Å²) in [4.78, 5) is 0. The smallest absolute Gasteiger partial charge is 0.201 e. The second-order valence-corrected chi connectivity index (χ2v) is 10.8. The Labute approximate surface area is 211 Å². The third-order valence-electron chi connectivity index (χ3n) is 8.58. The van der Waals surface area contributed by atoms with Crippen LogP contribution in [0.3, 0.4) is 0 Å². The Morgan fingerprint density at radius 1 is 0.771 bits per heavy atom. The van der Waals surface area contributed by atoms with Crippen molar-refractivity contribution in [3.05, 3.63) is 77.1 Å². The van der Waals surface area contributed by atoms with Gasteiger partial charge in [0.25, 0.3) is 0 Å². The highest BCUT2D eigenvalue weighted by Gasteiger charge is 2.33. The zero-order chi connectivity index (χ0) is 24.6. The first-order chi connectivity index (χ1) is 17.1. The number of hydrogen-bond donors (Lipinski definition) is 0. The van der Waals surface area contributed by atoms with Gasteiger partial charge in [0.05, 0.1) is 6.26 Å². The Bertz CT molecular complexity index is 948. The summed E-state index contributed by atoms with van der Waals surface area (Å²) < 4.78 is 34.4. The van der Waals surface area contributed by atoms with Gasteiger partial charge in [0.2, 0.25) is 5.82 Å². The minimum Gasteiger partial charge on any atom is -0.462 e. The van der Waals surface area contributed by atoms with Gasteiger partial charge in [0.1, 0.15) is 0 Å². The second-order valence-electron chi connectivity index (χ2n) is 10.8. The fourth-order valence-electron chi connectivity index (χ4n) is 6.46. The van der Waals surface area contributed by atoms with Crippen molar-refractivity contribution in [1.29, 1.82) is 0 Å². The van der Waals surface area contributed by atoms with E-state index in [0.717, 1.165) is 37.5 Å². The number of benzene rings is 2. The second kappa shape index (κ2) is 12.7. The van der Waals surface area contributed by atoms with E-state index in [0.29, 0.717) is 11.5 Å². The topological polar surface area (TPSA) is 9.23 Å². The van der Waals surface area contributed by atoms with Gasteiger partial charge in [-0.05, 0) is 118 Å². The highest BCUT2D eigenvalue weighted by Crippen LogP contribution is 2.46. The molecule has 0 heterocycles. The van der Waals surface area contributed by atoms with Crippen LogP contribution < -0.4 is 4.74 Å². The fourth-order valence-corrected chi connectivity index (χ4v) is 6.46. The van der Waals surface area contributed by atoms with E-state index in [1.54, 1.807) is 25.1 Å². The molecule has 0 N–H and O–H groups in total. The van der Waals surface area contributed by atoms with Crippen molar-refractivity contribution in [1.82, 2.24) is 0 Å². The molecule has 0 atom stereocenters. The number of halogens is 2. The van der Waals surface area contributed by atoms with E-state index in [4.69, 9.17) is 4.74 Å². The molecule has 3 heteroatoms. The van der Waals surface area contributed by atoms with Crippen molar-refractivity contribution in [2.75, 3.05) is 0 Å². The summed E-state index contributed by atoms with van der Waals surface area (Å²) in [6.45, 7) is 4.03. The molecule has 2 aromatic rings. The molecule has 0 bridgehead atoms. The summed E-state index contributed by atoms with van der Waals surface area (Å²) in [6.07, 6.45) is 17.5. The number of ether oxygens (including phenoxy) is 1. The summed E-state index contributed by atoms with van der Waals surface area (Å²) in [5.74, 6) is 0.705. The molecule has 4 rings (SSSR count). The molecular formula is C32H42F2O. The molecule has 0 spiro atoms. The van der Waals surface area contributed by atoms with Gasteiger partial charge in [-0.3, -0.25) is 0 Å². The summed E-state index contributed by atoms with van der Waals surface area (Å²) in [7, 11) is 0. The van der Waals surface area contributed by atoms with Crippen molar-refractivity contribution in [3.63, 3.8) is 0 Å². The molecule has 2 aromatic carbocycles. The third kappa shape index (κ3) is 6.54. The first-order valence-corrected chi connectivity index (χ1v) is 13.9. The first-order valence-electron chi connectivity index (χ1n) is 13.9. The van der Waals surface area contributed by atoms with Gasteiger partial charge in [0.15, 0.2) is 11.6 Å². The van der Waals surface area contributed by atoms with E-state index in [9.17, 15) is 8.78 Å². The summed E-state index contributed by atoms with van der Waals surface area (Å²) in [5, 5.41) is 0. The lowest BCUT2D eigenvalue weighted by molar-refractivity contribution is 0.176. The lowest BCUT2D eigenvalue weighted by Crippen LogP contribution is -2.25. The Morgan fingerprint density at radius 2 is 1.40 bits per heavy atom. The maximum atomic E-state index is 14.8. The van der Waals surface area contributed by atoms with Crippen LogP contribution in [0, 0.1) is 23.5 Å². The van der Waals surface area contributed by atoms with Crippen LogP contribution >= 0.6 is 0 Å². The highest BCUT2D eigenvalue weighted by atomic mass is 19.2. The van der Waals surface area contributed by atoms with Gasteiger partial charge in [-0.25, -0.2) is 4.39 Å². The first kappa shape index (κ1) is 25.9. The largest absolute Gasteiger partial charge is 0.462 e. The normalized spacial score (nSPS) is 25.1. The van der Waals surface area contributed by atoms with Gasteiger partial charge >= 0.3 is 0 Å². The zero-order valence-corrected chi connectivity index (χ0v) is 21.6. The van der Waals surface area contributed by atoms with E-state index in [2.05, 4.69) is 31.2 Å². The molecular weight excluding hydrogens is 438 g/mol. The van der Waals surface area contributed by atoms with Crippen molar-refractivity contribution in [2.45, 2.75) is 103 Å². The minimum absolute atomic E-state index is 0.0408. The van der Waals surface area contributed by atoms with Gasteiger partial charge in [-0.2, -0.15) is 4.39 Å². The maximum Gasteiger partial charge on any atom is 0.201 e. The molecule has 2 aliphatic rings. The Balaban J connectivity index is 1.26. The number of unbranched alkanes of at least 4 members (excludes halogenated alkanes) is 2. The molecule has 2 fully saturated rings. The lowest BCUT2D eigenvalue weighted by Gasteiger charge is -2.38. The maximum absolute atomic E-state index is 14.8. The molecule has 0 unspecified atom stereocenters. The van der Waals surface area contributed by atoms with Crippen LogP contribution in [0.5, 0.6) is 5.75 Å². The molecule has 1 nitrogen and oxygen atoms in total. The Hall–Kier alpha value is -2.16. The fraction of sp³-hybridized carbons (Fsp3) is 0.562. The van der Waals surface area contributed by atoms with E-state index in [1.165, 1.54) is 68.8 Å². The molecule has 190 valence electrons. The molecule has 0 radical (unpaired) electrons. The van der Waals surface area contributed by atoms with Crippen LogP contribution in [0.15, 0.2) is 48.7 Å². The summed E-state index contributed by atoms with van der Waals surface area (Å²) >= 11 is 0.